The second-order valence-corrected chi connectivity index (χ2v) is 9.57. The largest absolute Gasteiger partial charge is 0.514 e. The Kier molecular flexibility index (Phi) is 17.0. The fraction of sp³-hybridized carbons (Fsp3) is 0.714. The maximum atomic E-state index is 12.4. The van der Waals surface area contributed by atoms with Gasteiger partial charge in [0.05, 0.1) is 10.8 Å². The van der Waals surface area contributed by atoms with Crippen molar-refractivity contribution >= 4 is 17.8 Å². The van der Waals surface area contributed by atoms with Crippen LogP contribution in [0.1, 0.15) is 117 Å². The number of nitrogens with zero attached hydrogens (tertiary/aromatic N) is 1. The lowest BCUT2D eigenvalue weighted by molar-refractivity contribution is -0.384. The lowest BCUT2D eigenvalue weighted by Gasteiger charge is -2.20. The zero-order valence-electron chi connectivity index (χ0n) is 22.1. The van der Waals surface area contributed by atoms with Gasteiger partial charge in [0.25, 0.3) is 5.69 Å². The predicted octanol–water partition coefficient (Wildman–Crippen LogP) is 8.46. The molecule has 204 valence electrons. The number of aliphatic carboxylic acids is 1. The van der Waals surface area contributed by atoms with Crippen molar-refractivity contribution in [2.45, 2.75) is 123 Å². The van der Waals surface area contributed by atoms with Gasteiger partial charge in [-0.15, -0.1) is 0 Å². The third-order valence-corrected chi connectivity index (χ3v) is 6.48. The van der Waals surface area contributed by atoms with Gasteiger partial charge in [-0.2, -0.15) is 0 Å². The quantitative estimate of drug-likeness (QED) is 0.0583. The molecule has 2 unspecified atom stereocenters. The number of hydrogen-bond acceptors (Lipinski definition) is 6. The van der Waals surface area contributed by atoms with Gasteiger partial charge in [-0.1, -0.05) is 84.5 Å². The molecule has 8 nitrogen and oxygen atoms in total. The second kappa shape index (κ2) is 19.5. The molecule has 0 spiro atoms. The lowest BCUT2D eigenvalue weighted by atomic mass is 9.93. The maximum Gasteiger partial charge on any atom is 0.514 e. The Morgan fingerprint density at radius 3 is 1.89 bits per heavy atom. The molecular weight excluding hydrogens is 462 g/mol. The standard InChI is InChI=1S/C28H45NO7/c1-3-5-7-9-10-11-12-13-15-23(27(30)31)17-20-25(16-14-8-6-4-2)35-28(32)36-26-21-18-24(19-22-26)29(33)34/h18-19,21-23,25H,3-17,20H2,1-2H3,(H,30,31). The molecule has 1 rings (SSSR count). The molecule has 0 aromatic heterocycles. The Morgan fingerprint density at radius 1 is 0.806 bits per heavy atom. The Balaban J connectivity index is 2.53. The van der Waals surface area contributed by atoms with Gasteiger partial charge < -0.3 is 14.6 Å². The van der Waals surface area contributed by atoms with Crippen molar-refractivity contribution in [2.24, 2.45) is 5.92 Å². The minimum Gasteiger partial charge on any atom is -0.481 e. The van der Waals surface area contributed by atoms with Gasteiger partial charge in [0.15, 0.2) is 0 Å². The Morgan fingerprint density at radius 2 is 1.33 bits per heavy atom. The van der Waals surface area contributed by atoms with Crippen molar-refractivity contribution < 1.29 is 29.1 Å². The van der Waals surface area contributed by atoms with Crippen molar-refractivity contribution in [2.75, 3.05) is 0 Å². The van der Waals surface area contributed by atoms with E-state index in [0.29, 0.717) is 25.7 Å². The third-order valence-electron chi connectivity index (χ3n) is 6.48. The zero-order valence-corrected chi connectivity index (χ0v) is 22.1. The third kappa shape index (κ3) is 14.7. The highest BCUT2D eigenvalue weighted by Crippen LogP contribution is 2.23. The molecule has 0 saturated carbocycles. The predicted molar refractivity (Wildman–Crippen MR) is 140 cm³/mol. The number of rotatable bonds is 21. The van der Waals surface area contributed by atoms with E-state index in [-0.39, 0.29) is 11.4 Å². The summed E-state index contributed by atoms with van der Waals surface area (Å²) in [5.41, 5.74) is -0.0966. The van der Waals surface area contributed by atoms with Crippen LogP contribution in [0.2, 0.25) is 0 Å². The molecule has 0 heterocycles. The van der Waals surface area contributed by atoms with E-state index in [2.05, 4.69) is 13.8 Å². The van der Waals surface area contributed by atoms with E-state index in [4.69, 9.17) is 9.47 Å². The summed E-state index contributed by atoms with van der Waals surface area (Å²) in [6, 6.07) is 5.21. The van der Waals surface area contributed by atoms with Crippen LogP contribution in [0.15, 0.2) is 24.3 Å². The number of unbranched alkanes of at least 4 members (excludes halogenated alkanes) is 10. The summed E-state index contributed by atoms with van der Waals surface area (Å²) < 4.78 is 10.7. The van der Waals surface area contributed by atoms with Crippen LogP contribution < -0.4 is 4.74 Å². The highest BCUT2D eigenvalue weighted by atomic mass is 16.7. The first kappa shape index (κ1) is 31.4. The lowest BCUT2D eigenvalue weighted by Crippen LogP contribution is -2.23. The molecule has 0 aliphatic carbocycles. The van der Waals surface area contributed by atoms with E-state index in [1.807, 2.05) is 0 Å². The number of nitro benzene ring substituents is 1. The van der Waals surface area contributed by atoms with Crippen LogP contribution in [0.4, 0.5) is 10.5 Å². The summed E-state index contributed by atoms with van der Waals surface area (Å²) in [7, 11) is 0. The number of benzene rings is 1. The molecular formula is C28H45NO7. The van der Waals surface area contributed by atoms with Crippen molar-refractivity contribution in [3.05, 3.63) is 34.4 Å². The molecule has 2 atom stereocenters. The van der Waals surface area contributed by atoms with Gasteiger partial charge in [0.2, 0.25) is 0 Å². The molecule has 0 radical (unpaired) electrons. The molecule has 0 bridgehead atoms. The molecule has 0 amide bonds. The molecule has 0 aliphatic heterocycles. The summed E-state index contributed by atoms with van der Waals surface area (Å²) in [5.74, 6) is -1.08. The molecule has 0 fully saturated rings. The molecule has 1 aromatic carbocycles. The van der Waals surface area contributed by atoms with Gasteiger partial charge >= 0.3 is 12.1 Å². The van der Waals surface area contributed by atoms with Gasteiger partial charge in [-0.25, -0.2) is 4.79 Å². The Bertz CT molecular complexity index is 751. The topological polar surface area (TPSA) is 116 Å². The molecule has 1 N–H and O–H groups in total. The van der Waals surface area contributed by atoms with E-state index < -0.39 is 29.1 Å². The van der Waals surface area contributed by atoms with Crippen LogP contribution in [0, 0.1) is 16.0 Å². The maximum absolute atomic E-state index is 12.4. The van der Waals surface area contributed by atoms with Gasteiger partial charge in [0, 0.05) is 12.1 Å². The van der Waals surface area contributed by atoms with Gasteiger partial charge in [0.1, 0.15) is 11.9 Å². The monoisotopic (exact) mass is 507 g/mol. The molecule has 0 saturated heterocycles. The minimum atomic E-state index is -0.876. The molecule has 8 heteroatoms. The average Bonchev–Trinajstić information content (AvgIpc) is 2.85. The highest BCUT2D eigenvalue weighted by molar-refractivity contribution is 5.69. The average molecular weight is 508 g/mol. The van der Waals surface area contributed by atoms with E-state index in [1.165, 1.54) is 56.4 Å². The van der Waals surface area contributed by atoms with E-state index in [0.717, 1.165) is 44.9 Å². The van der Waals surface area contributed by atoms with Crippen LogP contribution in [-0.4, -0.2) is 28.3 Å². The highest BCUT2D eigenvalue weighted by Gasteiger charge is 2.22. The minimum absolute atomic E-state index is 0.0966. The van der Waals surface area contributed by atoms with Crippen molar-refractivity contribution in [1.82, 2.24) is 0 Å². The number of carboxylic acid groups (broad SMARTS) is 1. The first-order valence-corrected chi connectivity index (χ1v) is 13.7. The smallest absolute Gasteiger partial charge is 0.481 e. The number of non-ortho nitro benzene ring substituents is 1. The first-order chi connectivity index (χ1) is 17.4. The summed E-state index contributed by atoms with van der Waals surface area (Å²) in [5, 5.41) is 20.5. The summed E-state index contributed by atoms with van der Waals surface area (Å²) in [6.45, 7) is 4.33. The number of hydrogen-bond donors (Lipinski definition) is 1. The van der Waals surface area contributed by atoms with Crippen LogP contribution >= 0.6 is 0 Å². The second-order valence-electron chi connectivity index (χ2n) is 9.57. The van der Waals surface area contributed by atoms with E-state index in [9.17, 15) is 24.8 Å². The molecule has 1 aromatic rings. The summed E-state index contributed by atoms with van der Waals surface area (Å²) in [4.78, 5) is 34.4. The normalized spacial score (nSPS) is 12.6. The summed E-state index contributed by atoms with van der Waals surface area (Å²) >= 11 is 0. The van der Waals surface area contributed by atoms with Crippen molar-refractivity contribution in [3.8, 4) is 5.75 Å². The van der Waals surface area contributed by atoms with Gasteiger partial charge in [-0.05, 0) is 44.2 Å². The Hall–Kier alpha value is -2.64. The summed E-state index contributed by atoms with van der Waals surface area (Å²) in [6.07, 6.45) is 14.4. The Labute approximate surface area is 215 Å². The van der Waals surface area contributed by atoms with E-state index in [1.54, 1.807) is 0 Å². The molecule has 0 aliphatic rings. The van der Waals surface area contributed by atoms with Crippen LogP contribution in [0.3, 0.4) is 0 Å². The number of carbonyl (C=O) groups excluding carboxylic acids is 1. The van der Waals surface area contributed by atoms with Crippen LogP contribution in [0.25, 0.3) is 0 Å². The number of carboxylic acids is 1. The zero-order chi connectivity index (χ0) is 26.6. The number of nitro groups is 1. The fourth-order valence-corrected chi connectivity index (χ4v) is 4.26. The SMILES string of the molecule is CCCCCCCCCCC(CCC(CCCCCC)OC(=O)Oc1ccc([N+](=O)[O-])cc1)C(=O)O. The van der Waals surface area contributed by atoms with Gasteiger partial charge in [-0.3, -0.25) is 14.9 Å². The number of ether oxygens (including phenoxy) is 2. The van der Waals surface area contributed by atoms with Crippen molar-refractivity contribution in [1.29, 1.82) is 0 Å². The number of carbonyl (C=O) groups is 2. The molecule has 36 heavy (non-hydrogen) atoms. The van der Waals surface area contributed by atoms with Crippen LogP contribution in [-0.2, 0) is 9.53 Å². The van der Waals surface area contributed by atoms with Crippen LogP contribution in [0.5, 0.6) is 5.75 Å². The first-order valence-electron chi connectivity index (χ1n) is 13.7. The van der Waals surface area contributed by atoms with Crippen molar-refractivity contribution in [3.63, 3.8) is 0 Å². The fourth-order valence-electron chi connectivity index (χ4n) is 4.26. The van der Waals surface area contributed by atoms with E-state index >= 15 is 0 Å².